The third-order valence-electron chi connectivity index (χ3n) is 6.30. The average molecular weight is 438 g/mol. The predicted molar refractivity (Wildman–Crippen MR) is 112 cm³/mol. The summed E-state index contributed by atoms with van der Waals surface area (Å²) in [5.74, 6) is -1.64. The highest BCUT2D eigenvalue weighted by Gasteiger charge is 2.39. The fourth-order valence-electron chi connectivity index (χ4n) is 4.79. The SMILES string of the molecule is CCc1c(N2CCC(c3noc4cc(F)ccc34)CC2)cc2c(c1[N+](=O)[O-])C(=O)NC2=O. The van der Waals surface area contributed by atoms with Gasteiger partial charge in [-0.05, 0) is 37.5 Å². The molecule has 2 aromatic carbocycles. The zero-order valence-corrected chi connectivity index (χ0v) is 17.2. The fourth-order valence-corrected chi connectivity index (χ4v) is 4.79. The van der Waals surface area contributed by atoms with Crippen molar-refractivity contribution in [1.29, 1.82) is 0 Å². The number of hydrogen-bond acceptors (Lipinski definition) is 7. The molecule has 3 heterocycles. The van der Waals surface area contributed by atoms with Crippen LogP contribution in [-0.4, -0.2) is 35.0 Å². The van der Waals surface area contributed by atoms with E-state index in [-0.39, 0.29) is 28.5 Å². The number of nitro groups is 1. The number of imide groups is 1. The van der Waals surface area contributed by atoms with Gasteiger partial charge in [0.2, 0.25) is 0 Å². The molecule has 2 aliphatic heterocycles. The standard InChI is InChI=1S/C22H19FN4O5/c1-2-13-16(10-15-18(20(13)27(30)31)22(29)24-21(15)28)26-7-5-11(6-8-26)19-14-4-3-12(23)9-17(14)32-25-19/h3-4,9-11H,2,5-8H2,1H3,(H,24,28,29). The molecule has 0 saturated carbocycles. The number of carbonyl (C=O) groups is 2. The quantitative estimate of drug-likeness (QED) is 0.375. The zero-order chi connectivity index (χ0) is 22.6. The maximum Gasteiger partial charge on any atom is 0.288 e. The number of carbonyl (C=O) groups excluding carboxylic acids is 2. The number of amides is 2. The maximum atomic E-state index is 13.4. The molecule has 3 aromatic rings. The lowest BCUT2D eigenvalue weighted by molar-refractivity contribution is -0.385. The normalized spacial score (nSPS) is 16.5. The van der Waals surface area contributed by atoms with Gasteiger partial charge in [-0.2, -0.15) is 0 Å². The first-order valence-electron chi connectivity index (χ1n) is 10.4. The van der Waals surface area contributed by atoms with Gasteiger partial charge in [-0.1, -0.05) is 12.1 Å². The molecule has 5 rings (SSSR count). The van der Waals surface area contributed by atoms with Crippen molar-refractivity contribution in [3.63, 3.8) is 0 Å². The van der Waals surface area contributed by atoms with E-state index in [4.69, 9.17) is 4.52 Å². The second-order valence-corrected chi connectivity index (χ2v) is 8.01. The molecule has 164 valence electrons. The number of nitro benzene ring substituents is 1. The zero-order valence-electron chi connectivity index (χ0n) is 17.2. The van der Waals surface area contributed by atoms with E-state index in [1.807, 2.05) is 4.90 Å². The lowest BCUT2D eigenvalue weighted by Crippen LogP contribution is -2.34. The summed E-state index contributed by atoms with van der Waals surface area (Å²) in [6.07, 6.45) is 1.76. The fraction of sp³-hybridized carbons (Fsp3) is 0.318. The van der Waals surface area contributed by atoms with E-state index in [2.05, 4.69) is 10.5 Å². The third kappa shape index (κ3) is 3.02. The Morgan fingerprint density at radius 3 is 2.69 bits per heavy atom. The van der Waals surface area contributed by atoms with Crippen molar-refractivity contribution in [1.82, 2.24) is 10.5 Å². The van der Waals surface area contributed by atoms with Crippen LogP contribution in [0.25, 0.3) is 11.0 Å². The summed E-state index contributed by atoms with van der Waals surface area (Å²) in [4.78, 5) is 37.7. The Bertz CT molecular complexity index is 1290. The van der Waals surface area contributed by atoms with Crippen LogP contribution < -0.4 is 10.2 Å². The van der Waals surface area contributed by atoms with Gasteiger partial charge >= 0.3 is 0 Å². The van der Waals surface area contributed by atoms with Gasteiger partial charge in [0.1, 0.15) is 11.4 Å². The van der Waals surface area contributed by atoms with Gasteiger partial charge in [-0.3, -0.25) is 25.0 Å². The minimum atomic E-state index is -0.731. The summed E-state index contributed by atoms with van der Waals surface area (Å²) < 4.78 is 18.7. The van der Waals surface area contributed by atoms with E-state index >= 15 is 0 Å². The Hall–Kier alpha value is -3.82. The summed E-state index contributed by atoms with van der Waals surface area (Å²) in [5, 5.41) is 18.9. The van der Waals surface area contributed by atoms with Crippen molar-refractivity contribution >= 4 is 34.2 Å². The van der Waals surface area contributed by atoms with Crippen molar-refractivity contribution in [2.24, 2.45) is 0 Å². The molecule has 2 aliphatic rings. The number of hydrogen-bond donors (Lipinski definition) is 1. The number of halogens is 1. The molecule has 1 N–H and O–H groups in total. The number of piperidine rings is 1. The smallest absolute Gasteiger partial charge is 0.288 e. The predicted octanol–water partition coefficient (Wildman–Crippen LogP) is 3.71. The monoisotopic (exact) mass is 438 g/mol. The van der Waals surface area contributed by atoms with E-state index in [1.165, 1.54) is 12.1 Å². The Kier molecular flexibility index (Phi) is 4.65. The van der Waals surface area contributed by atoms with Crippen molar-refractivity contribution in [2.45, 2.75) is 32.1 Å². The van der Waals surface area contributed by atoms with Crippen molar-refractivity contribution < 1.29 is 23.4 Å². The van der Waals surface area contributed by atoms with E-state index < -0.39 is 16.7 Å². The Morgan fingerprint density at radius 1 is 1.25 bits per heavy atom. The number of aromatic nitrogens is 1. The van der Waals surface area contributed by atoms with Crippen LogP contribution in [0.2, 0.25) is 0 Å². The van der Waals surface area contributed by atoms with Crippen LogP contribution in [0.4, 0.5) is 15.8 Å². The van der Waals surface area contributed by atoms with Gasteiger partial charge in [-0.15, -0.1) is 0 Å². The summed E-state index contributed by atoms with van der Waals surface area (Å²) in [6.45, 7) is 2.96. The summed E-state index contributed by atoms with van der Waals surface area (Å²) >= 11 is 0. The Balaban J connectivity index is 1.47. The maximum absolute atomic E-state index is 13.4. The molecule has 0 radical (unpaired) electrons. The molecule has 1 aromatic heterocycles. The average Bonchev–Trinajstić information content (AvgIpc) is 3.32. The van der Waals surface area contributed by atoms with Crippen LogP contribution >= 0.6 is 0 Å². The molecule has 32 heavy (non-hydrogen) atoms. The van der Waals surface area contributed by atoms with Crippen LogP contribution in [0.15, 0.2) is 28.8 Å². The van der Waals surface area contributed by atoms with Crippen LogP contribution in [0.5, 0.6) is 0 Å². The number of anilines is 1. The van der Waals surface area contributed by atoms with Crippen LogP contribution in [0.3, 0.4) is 0 Å². The Morgan fingerprint density at radius 2 is 2.00 bits per heavy atom. The lowest BCUT2D eigenvalue weighted by atomic mass is 9.90. The highest BCUT2D eigenvalue weighted by atomic mass is 19.1. The van der Waals surface area contributed by atoms with Crippen molar-refractivity contribution in [3.8, 4) is 0 Å². The summed E-state index contributed by atoms with van der Waals surface area (Å²) in [6, 6.07) is 5.94. The van der Waals surface area contributed by atoms with Gasteiger partial charge in [0.15, 0.2) is 5.58 Å². The first kappa shape index (κ1) is 20.1. The van der Waals surface area contributed by atoms with E-state index in [1.54, 1.807) is 19.1 Å². The van der Waals surface area contributed by atoms with Gasteiger partial charge in [0.25, 0.3) is 17.5 Å². The molecule has 9 nitrogen and oxygen atoms in total. The first-order valence-corrected chi connectivity index (χ1v) is 10.4. The molecule has 1 fully saturated rings. The van der Waals surface area contributed by atoms with Gasteiger partial charge in [-0.25, -0.2) is 4.39 Å². The van der Waals surface area contributed by atoms with Crippen molar-refractivity contribution in [3.05, 3.63) is 62.6 Å². The number of nitrogens with one attached hydrogen (secondary N) is 1. The number of nitrogens with zero attached hydrogens (tertiary/aromatic N) is 3. The third-order valence-corrected chi connectivity index (χ3v) is 6.30. The second-order valence-electron chi connectivity index (χ2n) is 8.01. The van der Waals surface area contributed by atoms with Crippen LogP contribution in [-0.2, 0) is 6.42 Å². The van der Waals surface area contributed by atoms with Crippen LogP contribution in [0.1, 0.15) is 57.7 Å². The largest absolute Gasteiger partial charge is 0.371 e. The topological polar surface area (TPSA) is 119 Å². The van der Waals surface area contributed by atoms with Gasteiger partial charge < -0.3 is 9.42 Å². The molecule has 10 heteroatoms. The van der Waals surface area contributed by atoms with Crippen LogP contribution in [0, 0.1) is 15.9 Å². The van der Waals surface area contributed by atoms with E-state index in [0.29, 0.717) is 49.2 Å². The highest BCUT2D eigenvalue weighted by Crippen LogP contribution is 2.40. The summed E-state index contributed by atoms with van der Waals surface area (Å²) in [7, 11) is 0. The number of fused-ring (bicyclic) bond motifs is 2. The van der Waals surface area contributed by atoms with Gasteiger partial charge in [0.05, 0.1) is 21.7 Å². The molecule has 0 bridgehead atoms. The molecular formula is C22H19FN4O5. The lowest BCUT2D eigenvalue weighted by Gasteiger charge is -2.34. The first-order chi connectivity index (χ1) is 15.4. The molecule has 1 saturated heterocycles. The summed E-state index contributed by atoms with van der Waals surface area (Å²) in [5.41, 5.74) is 1.82. The molecule has 2 amide bonds. The number of benzene rings is 2. The van der Waals surface area contributed by atoms with E-state index in [0.717, 1.165) is 11.1 Å². The minimum Gasteiger partial charge on any atom is -0.371 e. The van der Waals surface area contributed by atoms with Gasteiger partial charge in [0, 0.05) is 36.1 Å². The molecule has 0 atom stereocenters. The molecular weight excluding hydrogens is 419 g/mol. The molecule has 0 aliphatic carbocycles. The van der Waals surface area contributed by atoms with E-state index in [9.17, 15) is 24.1 Å². The van der Waals surface area contributed by atoms with Crippen molar-refractivity contribution in [2.75, 3.05) is 18.0 Å². The second kappa shape index (κ2) is 7.40. The minimum absolute atomic E-state index is 0.0422. The molecule has 0 unspecified atom stereocenters. The Labute approximate surface area is 181 Å². The highest BCUT2D eigenvalue weighted by molar-refractivity contribution is 6.24. The number of rotatable bonds is 4. The molecule has 0 spiro atoms.